The van der Waals surface area contributed by atoms with E-state index in [1.807, 2.05) is 11.8 Å². The third-order valence-corrected chi connectivity index (χ3v) is 7.96. The molecule has 0 aliphatic rings. The Morgan fingerprint density at radius 3 is 1.97 bits per heavy atom. The molecule has 196 valence electrons. The molecule has 0 spiro atoms. The Morgan fingerprint density at radius 1 is 0.879 bits per heavy atom. The summed E-state index contributed by atoms with van der Waals surface area (Å²) < 4.78 is 21.7. The summed E-state index contributed by atoms with van der Waals surface area (Å²) in [5, 5.41) is 18.9. The van der Waals surface area contributed by atoms with Crippen molar-refractivity contribution in [2.24, 2.45) is 0 Å². The van der Waals surface area contributed by atoms with Crippen LogP contribution in [0.15, 0.2) is 0 Å². The average molecular weight is 509 g/mol. The number of hydrogen-bond donors (Lipinski definition) is 2. The maximum absolute atomic E-state index is 10.9. The molecule has 0 bridgehead atoms. The van der Waals surface area contributed by atoms with Gasteiger partial charge in [-0.3, -0.25) is 4.57 Å². The second-order valence-electron chi connectivity index (χ2n) is 8.87. The van der Waals surface area contributed by atoms with E-state index in [0.29, 0.717) is 18.3 Å². The van der Waals surface area contributed by atoms with Crippen LogP contribution in [0.5, 0.6) is 0 Å². The number of hydrogen-bond acceptors (Lipinski definition) is 6. The van der Waals surface area contributed by atoms with Crippen molar-refractivity contribution in [2.45, 2.75) is 134 Å². The fraction of sp³-hybridized carbons (Fsp3) is 0.960. The quantitative estimate of drug-likeness (QED) is 0.0752. The third kappa shape index (κ3) is 17.8. The van der Waals surface area contributed by atoms with Crippen LogP contribution in [0, 0.1) is 0 Å². The van der Waals surface area contributed by atoms with Gasteiger partial charge in [0.05, 0.1) is 12.7 Å². The summed E-state index contributed by atoms with van der Waals surface area (Å²) in [5.74, 6) is -0.493. The Bertz CT molecular complexity index is 482. The first kappa shape index (κ1) is 32.8. The SMILES string of the molecule is CCCCCCCCCCCSC(CCCCCC)C(C)OCCCOC(O)(P=O)C(=O)O. The van der Waals surface area contributed by atoms with Crippen LogP contribution in [0.4, 0.5) is 0 Å². The fourth-order valence-electron chi connectivity index (χ4n) is 3.65. The van der Waals surface area contributed by atoms with Crippen molar-refractivity contribution in [3.8, 4) is 0 Å². The molecule has 3 atom stereocenters. The van der Waals surface area contributed by atoms with Gasteiger partial charge in [-0.1, -0.05) is 90.9 Å². The van der Waals surface area contributed by atoms with Gasteiger partial charge in [-0.25, -0.2) is 4.79 Å². The first-order valence-corrected chi connectivity index (χ1v) is 14.9. The van der Waals surface area contributed by atoms with Gasteiger partial charge in [-0.05, 0) is 31.9 Å². The highest BCUT2D eigenvalue weighted by molar-refractivity contribution is 7.99. The highest BCUT2D eigenvalue weighted by Gasteiger charge is 2.38. The van der Waals surface area contributed by atoms with E-state index in [9.17, 15) is 14.5 Å². The Balaban J connectivity index is 4.15. The number of carbonyl (C=O) groups is 1. The normalized spacial score (nSPS) is 15.4. The molecule has 0 aromatic carbocycles. The van der Waals surface area contributed by atoms with Crippen molar-refractivity contribution < 1.29 is 29.0 Å². The maximum Gasteiger partial charge on any atom is 0.377 e. The van der Waals surface area contributed by atoms with Crippen molar-refractivity contribution in [1.82, 2.24) is 0 Å². The molecule has 0 aromatic heterocycles. The van der Waals surface area contributed by atoms with Gasteiger partial charge in [0.25, 0.3) is 0 Å². The largest absolute Gasteiger partial charge is 0.477 e. The second-order valence-corrected chi connectivity index (χ2v) is 11.0. The highest BCUT2D eigenvalue weighted by atomic mass is 32.2. The molecule has 0 heterocycles. The Morgan fingerprint density at radius 2 is 1.42 bits per heavy atom. The van der Waals surface area contributed by atoms with Crippen LogP contribution in [-0.4, -0.2) is 52.0 Å². The van der Waals surface area contributed by atoms with Gasteiger partial charge < -0.3 is 19.7 Å². The minimum absolute atomic E-state index is 0.0302. The van der Waals surface area contributed by atoms with E-state index in [-0.39, 0.29) is 12.7 Å². The van der Waals surface area contributed by atoms with Crippen LogP contribution in [0.25, 0.3) is 0 Å². The molecular weight excluding hydrogens is 459 g/mol. The highest BCUT2D eigenvalue weighted by Crippen LogP contribution is 2.26. The van der Waals surface area contributed by atoms with Crippen LogP contribution in [0.1, 0.15) is 117 Å². The molecule has 2 N–H and O–H groups in total. The summed E-state index contributed by atoms with van der Waals surface area (Å²) >= 11 is 2.02. The molecule has 0 fully saturated rings. The monoisotopic (exact) mass is 508 g/mol. The molecule has 3 unspecified atom stereocenters. The summed E-state index contributed by atoms with van der Waals surface area (Å²) in [7, 11) is -0.977. The lowest BCUT2D eigenvalue weighted by Gasteiger charge is -2.24. The first-order valence-electron chi connectivity index (χ1n) is 13.1. The molecule has 0 radical (unpaired) electrons. The first-order chi connectivity index (χ1) is 15.9. The number of ether oxygens (including phenoxy) is 2. The molecular formula is C25H49O6PS. The van der Waals surface area contributed by atoms with E-state index in [4.69, 9.17) is 14.6 Å². The van der Waals surface area contributed by atoms with Gasteiger partial charge in [0.2, 0.25) is 8.46 Å². The van der Waals surface area contributed by atoms with Gasteiger partial charge in [0, 0.05) is 11.9 Å². The molecule has 0 saturated heterocycles. The van der Waals surface area contributed by atoms with Crippen molar-refractivity contribution in [3.05, 3.63) is 0 Å². The number of aliphatic carboxylic acids is 1. The number of carboxylic acids is 1. The van der Waals surface area contributed by atoms with Crippen molar-refractivity contribution in [3.63, 3.8) is 0 Å². The number of aliphatic hydroxyl groups is 1. The molecule has 0 saturated carbocycles. The predicted octanol–water partition coefficient (Wildman–Crippen LogP) is 7.42. The Hall–Kier alpha value is -0.200. The summed E-state index contributed by atoms with van der Waals surface area (Å²) in [4.78, 5) is 10.9. The van der Waals surface area contributed by atoms with Crippen molar-refractivity contribution in [1.29, 1.82) is 0 Å². The van der Waals surface area contributed by atoms with Gasteiger partial charge >= 0.3 is 11.5 Å². The van der Waals surface area contributed by atoms with E-state index in [1.54, 1.807) is 0 Å². The lowest BCUT2D eigenvalue weighted by Crippen LogP contribution is -2.36. The maximum atomic E-state index is 10.9. The third-order valence-electron chi connectivity index (χ3n) is 5.82. The molecule has 0 rings (SSSR count). The smallest absolute Gasteiger partial charge is 0.377 e. The lowest BCUT2D eigenvalue weighted by molar-refractivity contribution is -0.190. The number of thioether (sulfide) groups is 1. The molecule has 33 heavy (non-hydrogen) atoms. The average Bonchev–Trinajstić information content (AvgIpc) is 2.80. The number of rotatable bonds is 25. The van der Waals surface area contributed by atoms with Crippen molar-refractivity contribution >= 4 is 26.2 Å². The molecule has 8 heteroatoms. The molecule has 0 amide bonds. The fourth-order valence-corrected chi connectivity index (χ4v) is 5.23. The van der Waals surface area contributed by atoms with E-state index in [0.717, 1.165) is 6.42 Å². The van der Waals surface area contributed by atoms with Crippen LogP contribution in [0.3, 0.4) is 0 Å². The number of unbranched alkanes of at least 4 members (excludes halogenated alkanes) is 11. The van der Waals surface area contributed by atoms with Crippen LogP contribution in [0.2, 0.25) is 0 Å². The second kappa shape index (κ2) is 22.3. The summed E-state index contributed by atoms with van der Waals surface area (Å²) in [5.41, 5.74) is -2.67. The Kier molecular flexibility index (Phi) is 22.1. The zero-order valence-electron chi connectivity index (χ0n) is 21.3. The van der Waals surface area contributed by atoms with E-state index in [1.165, 1.54) is 89.2 Å². The molecule has 6 nitrogen and oxygen atoms in total. The lowest BCUT2D eigenvalue weighted by atomic mass is 10.1. The predicted molar refractivity (Wildman–Crippen MR) is 138 cm³/mol. The summed E-state index contributed by atoms with van der Waals surface area (Å²) in [6, 6.07) is 0. The zero-order chi connectivity index (χ0) is 24.8. The zero-order valence-corrected chi connectivity index (χ0v) is 23.0. The minimum atomic E-state index is -2.67. The minimum Gasteiger partial charge on any atom is -0.477 e. The van der Waals surface area contributed by atoms with E-state index in [2.05, 4.69) is 20.8 Å². The molecule has 0 aliphatic carbocycles. The van der Waals surface area contributed by atoms with E-state index < -0.39 is 20.0 Å². The number of carboxylic acid groups (broad SMARTS) is 1. The van der Waals surface area contributed by atoms with Gasteiger partial charge in [-0.15, -0.1) is 0 Å². The molecule has 0 aromatic rings. The van der Waals surface area contributed by atoms with Gasteiger partial charge in [0.1, 0.15) is 0 Å². The van der Waals surface area contributed by atoms with Gasteiger partial charge in [0.15, 0.2) is 0 Å². The van der Waals surface area contributed by atoms with E-state index >= 15 is 0 Å². The summed E-state index contributed by atoms with van der Waals surface area (Å²) in [6.45, 7) is 6.97. The van der Waals surface area contributed by atoms with Crippen LogP contribution < -0.4 is 0 Å². The molecule has 0 aliphatic heterocycles. The van der Waals surface area contributed by atoms with Crippen LogP contribution in [-0.2, 0) is 18.8 Å². The van der Waals surface area contributed by atoms with Gasteiger partial charge in [-0.2, -0.15) is 11.8 Å². The standard InChI is InChI=1S/C25H49O6PS/c1-4-6-8-10-11-12-13-14-16-21-33-23(18-15-9-7-5-2)22(3)30-19-17-20-31-25(28,32-29)24(26)27/h22-23,28H,4-21H2,1-3H3,(H,26,27). The topological polar surface area (TPSA) is 93.1 Å². The van der Waals surface area contributed by atoms with Crippen molar-refractivity contribution in [2.75, 3.05) is 19.0 Å². The summed E-state index contributed by atoms with van der Waals surface area (Å²) in [6.07, 6.45) is 18.7. The Labute approximate surface area is 208 Å². The van der Waals surface area contributed by atoms with Crippen LogP contribution >= 0.6 is 20.2 Å².